The van der Waals surface area contributed by atoms with Crippen molar-refractivity contribution in [2.24, 2.45) is 0 Å². The average Bonchev–Trinajstić information content (AvgIpc) is 3.19. The van der Waals surface area contributed by atoms with Crippen LogP contribution in [0.3, 0.4) is 0 Å². The number of carbonyl (C=O) groups excluding carboxylic acids is 1. The minimum atomic E-state index is -0.301. The zero-order valence-electron chi connectivity index (χ0n) is 16.8. The van der Waals surface area contributed by atoms with Crippen LogP contribution in [0.4, 0.5) is 15.2 Å². The maximum atomic E-state index is 13.4. The molecule has 0 saturated carbocycles. The first-order chi connectivity index (χ1) is 14.6. The Balaban J connectivity index is 1.56. The Morgan fingerprint density at radius 1 is 1.20 bits per heavy atom. The maximum absolute atomic E-state index is 13.4. The highest BCUT2D eigenvalue weighted by molar-refractivity contribution is 8.01. The van der Waals surface area contributed by atoms with Crippen molar-refractivity contribution in [1.82, 2.24) is 15.1 Å². The minimum absolute atomic E-state index is 0.0295. The highest BCUT2D eigenvalue weighted by atomic mass is 32.2. The Labute approximate surface area is 183 Å². The van der Waals surface area contributed by atoms with E-state index >= 15 is 0 Å². The summed E-state index contributed by atoms with van der Waals surface area (Å²) < 4.78 is 19.7. The summed E-state index contributed by atoms with van der Waals surface area (Å²) in [6, 6.07) is 13.9. The third kappa shape index (κ3) is 6.17. The van der Waals surface area contributed by atoms with Crippen molar-refractivity contribution >= 4 is 39.8 Å². The van der Waals surface area contributed by atoms with Gasteiger partial charge in [-0.3, -0.25) is 4.79 Å². The van der Waals surface area contributed by atoms with E-state index in [0.717, 1.165) is 17.0 Å². The first-order valence-electron chi connectivity index (χ1n) is 9.56. The highest BCUT2D eigenvalue weighted by Crippen LogP contribution is 2.31. The van der Waals surface area contributed by atoms with Crippen molar-refractivity contribution in [3.8, 4) is 5.75 Å². The van der Waals surface area contributed by atoms with E-state index in [1.165, 1.54) is 35.2 Å². The molecule has 1 aromatic heterocycles. The second-order valence-electron chi connectivity index (χ2n) is 6.25. The van der Waals surface area contributed by atoms with Gasteiger partial charge in [0.05, 0.1) is 18.0 Å². The van der Waals surface area contributed by atoms with Crippen molar-refractivity contribution in [1.29, 1.82) is 0 Å². The van der Waals surface area contributed by atoms with Gasteiger partial charge < -0.3 is 15.0 Å². The van der Waals surface area contributed by atoms with Gasteiger partial charge in [-0.1, -0.05) is 47.4 Å². The Bertz CT molecular complexity index is 983. The lowest BCUT2D eigenvalue weighted by Crippen LogP contribution is -2.31. The summed E-state index contributed by atoms with van der Waals surface area (Å²) >= 11 is 2.72. The molecule has 3 rings (SSSR count). The number of para-hydroxylation sites is 2. The molecule has 6 nitrogen and oxygen atoms in total. The van der Waals surface area contributed by atoms with E-state index in [9.17, 15) is 9.18 Å². The number of thioether (sulfide) groups is 1. The van der Waals surface area contributed by atoms with E-state index in [4.69, 9.17) is 4.74 Å². The van der Waals surface area contributed by atoms with Gasteiger partial charge in [0.2, 0.25) is 11.0 Å². The number of nitrogens with one attached hydrogen (secondary N) is 1. The summed E-state index contributed by atoms with van der Waals surface area (Å²) in [7, 11) is 0. The summed E-state index contributed by atoms with van der Waals surface area (Å²) in [6.07, 6.45) is 0. The SMILES string of the molecule is CCOc1ccccc1Nc1nnc(SCC(=O)N(CC)Cc2cccc(F)c2)s1. The van der Waals surface area contributed by atoms with Gasteiger partial charge in [0.15, 0.2) is 4.34 Å². The number of hydrogen-bond acceptors (Lipinski definition) is 7. The number of nitrogens with zero attached hydrogens (tertiary/aromatic N) is 3. The Morgan fingerprint density at radius 3 is 2.80 bits per heavy atom. The van der Waals surface area contributed by atoms with E-state index in [2.05, 4.69) is 15.5 Å². The van der Waals surface area contributed by atoms with E-state index in [0.29, 0.717) is 29.2 Å². The lowest BCUT2D eigenvalue weighted by molar-refractivity contribution is -0.128. The Hall–Kier alpha value is -2.65. The van der Waals surface area contributed by atoms with E-state index in [1.54, 1.807) is 11.0 Å². The fourth-order valence-corrected chi connectivity index (χ4v) is 4.40. The normalized spacial score (nSPS) is 10.6. The van der Waals surface area contributed by atoms with Gasteiger partial charge in [-0.15, -0.1) is 10.2 Å². The van der Waals surface area contributed by atoms with Crippen LogP contribution in [0, 0.1) is 5.82 Å². The van der Waals surface area contributed by atoms with Crippen molar-refractivity contribution < 1.29 is 13.9 Å². The Kier molecular flexibility index (Phi) is 8.04. The molecule has 30 heavy (non-hydrogen) atoms. The van der Waals surface area contributed by atoms with Gasteiger partial charge in [0.1, 0.15) is 11.6 Å². The van der Waals surface area contributed by atoms with Crippen LogP contribution in [0.15, 0.2) is 52.9 Å². The third-order valence-electron chi connectivity index (χ3n) is 4.15. The van der Waals surface area contributed by atoms with Gasteiger partial charge in [-0.2, -0.15) is 0 Å². The van der Waals surface area contributed by atoms with Crippen LogP contribution in [0.1, 0.15) is 19.4 Å². The van der Waals surface area contributed by atoms with Crippen LogP contribution < -0.4 is 10.1 Å². The number of aromatic nitrogens is 2. The van der Waals surface area contributed by atoms with Gasteiger partial charge in [-0.25, -0.2) is 4.39 Å². The number of anilines is 2. The zero-order chi connectivity index (χ0) is 21.3. The molecule has 158 valence electrons. The molecule has 0 fully saturated rings. The molecule has 0 aliphatic rings. The first-order valence-corrected chi connectivity index (χ1v) is 11.4. The molecule has 3 aromatic rings. The summed E-state index contributed by atoms with van der Waals surface area (Å²) in [5, 5.41) is 12.1. The lowest BCUT2D eigenvalue weighted by atomic mass is 10.2. The van der Waals surface area contributed by atoms with Crippen molar-refractivity contribution in [2.45, 2.75) is 24.7 Å². The summed E-state index contributed by atoms with van der Waals surface area (Å²) in [4.78, 5) is 14.3. The fourth-order valence-electron chi connectivity index (χ4n) is 2.73. The molecular formula is C21H23FN4O2S2. The van der Waals surface area contributed by atoms with Crippen LogP contribution in [0.5, 0.6) is 5.75 Å². The number of amides is 1. The molecule has 1 heterocycles. The van der Waals surface area contributed by atoms with E-state index in [1.807, 2.05) is 44.2 Å². The number of benzene rings is 2. The smallest absolute Gasteiger partial charge is 0.233 e. The number of carbonyl (C=O) groups is 1. The second-order valence-corrected chi connectivity index (χ2v) is 8.45. The molecular weight excluding hydrogens is 423 g/mol. The highest BCUT2D eigenvalue weighted by Gasteiger charge is 2.15. The third-order valence-corrected chi connectivity index (χ3v) is 6.11. The van der Waals surface area contributed by atoms with Gasteiger partial charge in [-0.05, 0) is 43.7 Å². The summed E-state index contributed by atoms with van der Waals surface area (Å²) in [5.41, 5.74) is 1.58. The number of hydrogen-bond donors (Lipinski definition) is 1. The predicted molar refractivity (Wildman–Crippen MR) is 119 cm³/mol. The van der Waals surface area contributed by atoms with Crippen molar-refractivity contribution in [2.75, 3.05) is 24.2 Å². The molecule has 1 N–H and O–H groups in total. The van der Waals surface area contributed by atoms with Crippen LogP contribution in [0.2, 0.25) is 0 Å². The number of halogens is 1. The van der Waals surface area contributed by atoms with Crippen LogP contribution in [0.25, 0.3) is 0 Å². The lowest BCUT2D eigenvalue weighted by Gasteiger charge is -2.20. The van der Waals surface area contributed by atoms with Crippen LogP contribution >= 0.6 is 23.1 Å². The van der Waals surface area contributed by atoms with E-state index in [-0.39, 0.29) is 17.5 Å². The molecule has 0 spiro atoms. The molecule has 2 aromatic carbocycles. The summed E-state index contributed by atoms with van der Waals surface area (Å²) in [5.74, 6) is 0.659. The monoisotopic (exact) mass is 446 g/mol. The van der Waals surface area contributed by atoms with Crippen LogP contribution in [-0.2, 0) is 11.3 Å². The largest absolute Gasteiger partial charge is 0.492 e. The Morgan fingerprint density at radius 2 is 2.03 bits per heavy atom. The summed E-state index contributed by atoms with van der Waals surface area (Å²) in [6.45, 7) is 5.34. The fraction of sp³-hybridized carbons (Fsp3) is 0.286. The standard InChI is InChI=1S/C21H23FN4O2S2/c1-3-26(13-15-8-7-9-16(22)12-15)19(27)14-29-21-25-24-20(30-21)23-17-10-5-6-11-18(17)28-4-2/h5-12H,3-4,13-14H2,1-2H3,(H,23,24). The molecule has 9 heteroatoms. The van der Waals surface area contributed by atoms with Gasteiger partial charge >= 0.3 is 0 Å². The topological polar surface area (TPSA) is 67.3 Å². The molecule has 0 bridgehead atoms. The molecule has 0 aliphatic heterocycles. The molecule has 0 saturated heterocycles. The average molecular weight is 447 g/mol. The van der Waals surface area contributed by atoms with Gasteiger partial charge in [0, 0.05) is 13.1 Å². The van der Waals surface area contributed by atoms with Crippen LogP contribution in [-0.4, -0.2) is 39.9 Å². The van der Waals surface area contributed by atoms with E-state index < -0.39 is 0 Å². The van der Waals surface area contributed by atoms with Crippen molar-refractivity contribution in [3.63, 3.8) is 0 Å². The number of ether oxygens (including phenoxy) is 1. The maximum Gasteiger partial charge on any atom is 0.233 e. The number of rotatable bonds is 10. The molecule has 0 unspecified atom stereocenters. The minimum Gasteiger partial charge on any atom is -0.492 e. The first kappa shape index (κ1) is 22.0. The van der Waals surface area contributed by atoms with Crippen molar-refractivity contribution in [3.05, 3.63) is 59.9 Å². The second kappa shape index (κ2) is 10.9. The molecule has 0 atom stereocenters. The predicted octanol–water partition coefficient (Wildman–Crippen LogP) is 4.96. The zero-order valence-corrected chi connectivity index (χ0v) is 18.4. The molecule has 0 aliphatic carbocycles. The molecule has 1 amide bonds. The molecule has 0 radical (unpaired) electrons. The van der Waals surface area contributed by atoms with Gasteiger partial charge in [0.25, 0.3) is 0 Å². The quantitative estimate of drug-likeness (QED) is 0.444.